The van der Waals surface area contributed by atoms with Gasteiger partial charge in [0.2, 0.25) is 0 Å². The first-order valence-corrected chi connectivity index (χ1v) is 3.52. The number of nitrogens with zero attached hydrogens (tertiary/aromatic N) is 1. The van der Waals surface area contributed by atoms with Gasteiger partial charge in [-0.25, -0.2) is 10.1 Å². The van der Waals surface area contributed by atoms with E-state index in [4.69, 9.17) is 10.1 Å². The van der Waals surface area contributed by atoms with E-state index in [2.05, 4.69) is 0 Å². The second-order valence-corrected chi connectivity index (χ2v) is 3.44. The molecule has 11 heteroatoms. The fourth-order valence-electron chi connectivity index (χ4n) is 0.141. The Morgan fingerprint density at radius 3 is 1.45 bits per heavy atom. The van der Waals surface area contributed by atoms with E-state index in [0.717, 1.165) is 0 Å². The predicted molar refractivity (Wildman–Crippen MR) is 29.0 cm³/mol. The van der Waals surface area contributed by atoms with Gasteiger partial charge in [-0.05, 0) is 0 Å². The first-order valence-electron chi connectivity index (χ1n) is 1.56. The monoisotopic (exact) mass is 195 g/mol. The van der Waals surface area contributed by atoms with Gasteiger partial charge < -0.3 is 0 Å². The molecule has 0 saturated heterocycles. The topological polar surface area (TPSA) is 55.2 Å². The maximum Gasteiger partial charge on any atom is 0.409 e. The average molecular weight is 195 g/mol. The third-order valence-electron chi connectivity index (χ3n) is 0.247. The van der Waals surface area contributed by atoms with Gasteiger partial charge in [-0.2, -0.15) is 0 Å². The van der Waals surface area contributed by atoms with Gasteiger partial charge in [0.1, 0.15) is 0 Å². The molecule has 0 heterocycles. The van der Waals surface area contributed by atoms with Crippen LogP contribution in [0.4, 0.5) is 19.4 Å². The molecule has 11 heavy (non-hydrogen) atoms. The molecule has 0 rings (SSSR count). The summed E-state index contributed by atoms with van der Waals surface area (Å²) in [5.41, 5.74) is 0. The van der Waals surface area contributed by atoms with Crippen LogP contribution in [0.25, 0.3) is 0 Å². The van der Waals surface area contributed by atoms with E-state index in [1.54, 1.807) is 0 Å². The van der Waals surface area contributed by atoms with Gasteiger partial charge in [-0.1, -0.05) is 19.4 Å². The largest absolute Gasteiger partial charge is 0.409 e. The summed E-state index contributed by atoms with van der Waals surface area (Å²) in [6.45, 7) is 0. The van der Waals surface area contributed by atoms with Crippen LogP contribution in [0.15, 0.2) is 0 Å². The first kappa shape index (κ1) is 13.4. The smallest absolute Gasteiger partial charge is 0.234 e. The van der Waals surface area contributed by atoms with Crippen LogP contribution in [0.3, 0.4) is 0 Å². The SMILES string of the molecule is O=[N+]([O-])NS(F)(F)(F)(F)F.[Li]. The molecule has 0 bridgehead atoms. The van der Waals surface area contributed by atoms with Gasteiger partial charge in [0.05, 0.1) is 0 Å². The van der Waals surface area contributed by atoms with Crippen molar-refractivity contribution < 1.29 is 24.5 Å². The van der Waals surface area contributed by atoms with Crippen molar-refractivity contribution in [2.45, 2.75) is 0 Å². The van der Waals surface area contributed by atoms with Crippen LogP contribution in [-0.2, 0) is 0 Å². The Hall–Kier alpha value is -0.203. The molecule has 0 spiro atoms. The number of hydrazine groups is 1. The standard InChI is InChI=1S/F5HN2O2S.Li/c1-10(2,3,4,5)6-7(8)9;/h6H;. The van der Waals surface area contributed by atoms with Crippen LogP contribution in [0.5, 0.6) is 0 Å². The zero-order valence-electron chi connectivity index (χ0n) is 5.06. The summed E-state index contributed by atoms with van der Waals surface area (Å²) in [6, 6.07) is 0. The van der Waals surface area contributed by atoms with Crippen molar-refractivity contribution >= 4 is 29.3 Å². The summed E-state index contributed by atoms with van der Waals surface area (Å²) in [5, 5.41) is 6.60. The van der Waals surface area contributed by atoms with E-state index in [-0.39, 0.29) is 18.9 Å². The Morgan fingerprint density at radius 2 is 1.45 bits per heavy atom. The first-order chi connectivity index (χ1) is 3.89. The Kier molecular flexibility index (Phi) is 2.61. The maximum atomic E-state index is 10.9. The minimum absolute atomic E-state index is 0. The zero-order valence-corrected chi connectivity index (χ0v) is 5.88. The molecule has 0 aromatic heterocycles. The summed E-state index contributed by atoms with van der Waals surface area (Å²) >= 11 is 0. The molecule has 0 aromatic carbocycles. The van der Waals surface area contributed by atoms with E-state index in [1.807, 2.05) is 0 Å². The second-order valence-electron chi connectivity index (χ2n) is 1.32. The van der Waals surface area contributed by atoms with Crippen molar-refractivity contribution in [3.63, 3.8) is 0 Å². The molecule has 0 aliphatic heterocycles. The average Bonchev–Trinajstić information content (AvgIpc) is 1.12. The fraction of sp³-hybridized carbons (Fsp3) is 0. The molecule has 0 fully saturated rings. The van der Waals surface area contributed by atoms with Gasteiger partial charge in [0, 0.05) is 23.7 Å². The zero-order chi connectivity index (χ0) is 8.69. The molecule has 1 N–H and O–H groups in total. The molecular weight excluding hydrogens is 194 g/mol. The molecule has 0 saturated carbocycles. The van der Waals surface area contributed by atoms with Crippen molar-refractivity contribution in [2.75, 3.05) is 0 Å². The molecule has 1 radical (unpaired) electrons. The minimum Gasteiger partial charge on any atom is -0.234 e. The van der Waals surface area contributed by atoms with Crippen molar-refractivity contribution in [1.29, 1.82) is 0 Å². The molecule has 65 valence electrons. The molecule has 0 unspecified atom stereocenters. The summed E-state index contributed by atoms with van der Waals surface area (Å²) in [6.07, 6.45) is 0. The van der Waals surface area contributed by atoms with Crippen LogP contribution >= 0.6 is 10.4 Å². The number of rotatable bonds is 2. The number of halogens is 5. The molecule has 0 aliphatic rings. The van der Waals surface area contributed by atoms with E-state index < -0.39 is 20.3 Å². The third-order valence-corrected chi connectivity index (χ3v) is 0.741. The summed E-state index contributed by atoms with van der Waals surface area (Å²) in [4.78, 5) is 7.99. The van der Waals surface area contributed by atoms with E-state index in [1.165, 1.54) is 0 Å². The number of nitrogens with one attached hydrogen (secondary N) is 1. The van der Waals surface area contributed by atoms with E-state index >= 15 is 0 Å². The van der Waals surface area contributed by atoms with Crippen LogP contribution in [0, 0.1) is 10.1 Å². The Bertz CT molecular complexity index is 170. The molecule has 0 aromatic rings. The fourth-order valence-corrected chi connectivity index (χ4v) is 0.423. The summed E-state index contributed by atoms with van der Waals surface area (Å²) < 4.78 is 54.6. The Morgan fingerprint density at radius 1 is 1.18 bits per heavy atom. The van der Waals surface area contributed by atoms with Crippen molar-refractivity contribution in [3.8, 4) is 0 Å². The van der Waals surface area contributed by atoms with E-state index in [0.29, 0.717) is 0 Å². The van der Waals surface area contributed by atoms with Crippen LogP contribution < -0.4 is 4.83 Å². The molecule has 0 aliphatic carbocycles. The van der Waals surface area contributed by atoms with Crippen LogP contribution in [0.1, 0.15) is 0 Å². The minimum atomic E-state index is -10.1. The number of hydrogen-bond donors (Lipinski definition) is 1. The van der Waals surface area contributed by atoms with Gasteiger partial charge >= 0.3 is 10.4 Å². The molecule has 4 nitrogen and oxygen atoms in total. The molecule has 0 amide bonds. The van der Waals surface area contributed by atoms with Gasteiger partial charge in [-0.3, -0.25) is 0 Å². The number of nitro groups is 1. The normalized spacial score (nSPS) is 17.2. The number of hydrogen-bond acceptors (Lipinski definition) is 2. The Labute approximate surface area is 69.3 Å². The van der Waals surface area contributed by atoms with Gasteiger partial charge in [0.15, 0.2) is 5.03 Å². The van der Waals surface area contributed by atoms with Crippen molar-refractivity contribution in [2.24, 2.45) is 0 Å². The molecular formula is HF5LiN2O2S. The predicted octanol–water partition coefficient (Wildman–Crippen LogP) is 1.60. The third kappa shape index (κ3) is 12.9. The van der Waals surface area contributed by atoms with Gasteiger partial charge in [-0.15, -0.1) is 0 Å². The van der Waals surface area contributed by atoms with Crippen LogP contribution in [0.2, 0.25) is 0 Å². The van der Waals surface area contributed by atoms with Crippen LogP contribution in [-0.4, -0.2) is 23.9 Å². The van der Waals surface area contributed by atoms with Crippen molar-refractivity contribution in [3.05, 3.63) is 10.1 Å². The quantitative estimate of drug-likeness (QED) is 0.315. The maximum absolute atomic E-state index is 10.9. The summed E-state index contributed by atoms with van der Waals surface area (Å²) in [5.74, 6) is 0. The van der Waals surface area contributed by atoms with Gasteiger partial charge in [0.25, 0.3) is 0 Å². The second kappa shape index (κ2) is 2.15. The summed E-state index contributed by atoms with van der Waals surface area (Å²) in [7, 11) is -10.1. The molecule has 0 atom stereocenters. The Balaban J connectivity index is 0. The van der Waals surface area contributed by atoms with Crippen molar-refractivity contribution in [1.82, 2.24) is 4.83 Å². The van der Waals surface area contributed by atoms with E-state index in [9.17, 15) is 19.4 Å².